The van der Waals surface area contributed by atoms with Gasteiger partial charge in [-0.15, -0.1) is 13.2 Å². The highest BCUT2D eigenvalue weighted by molar-refractivity contribution is 9.10. The van der Waals surface area contributed by atoms with Crippen molar-refractivity contribution in [1.82, 2.24) is 0 Å². The van der Waals surface area contributed by atoms with E-state index in [4.69, 9.17) is 5.73 Å². The topological polar surface area (TPSA) is 35.2 Å². The monoisotopic (exact) mass is 305 g/mol. The first-order valence-corrected chi connectivity index (χ1v) is 4.63. The molecule has 0 saturated carbocycles. The van der Waals surface area contributed by atoms with Crippen LogP contribution in [0.1, 0.15) is 12.0 Å². The van der Waals surface area contributed by atoms with Crippen molar-refractivity contribution in [1.29, 1.82) is 0 Å². The van der Waals surface area contributed by atoms with E-state index in [1.165, 1.54) is 0 Å². The third kappa shape index (κ3) is 2.97. The largest absolute Gasteiger partial charge is 0.573 e. The number of benzene rings is 1. The average Bonchev–Trinajstić information content (AvgIpc) is 2.10. The standard InChI is InChI=1S/C8H5BrF5NO/c9-5-3(7(10)11)1-2-4(6(5)15)16-8(12,13)14/h1-2,7H,15H2. The summed E-state index contributed by atoms with van der Waals surface area (Å²) in [5.74, 6) is -0.719. The van der Waals surface area contributed by atoms with Gasteiger partial charge in [0.05, 0.1) is 10.2 Å². The molecule has 0 heterocycles. The number of alkyl halides is 5. The van der Waals surface area contributed by atoms with Gasteiger partial charge in [-0.3, -0.25) is 0 Å². The van der Waals surface area contributed by atoms with E-state index in [0.717, 1.165) is 12.1 Å². The number of halogens is 6. The number of rotatable bonds is 2. The van der Waals surface area contributed by atoms with Gasteiger partial charge in [-0.05, 0) is 28.1 Å². The number of anilines is 1. The molecule has 0 aromatic heterocycles. The molecule has 8 heteroatoms. The predicted molar refractivity (Wildman–Crippen MR) is 50.2 cm³/mol. The number of hydrogen-bond donors (Lipinski definition) is 1. The van der Waals surface area contributed by atoms with E-state index in [1.54, 1.807) is 0 Å². The summed E-state index contributed by atoms with van der Waals surface area (Å²) in [5.41, 5.74) is 4.21. The maximum atomic E-state index is 12.3. The minimum Gasteiger partial charge on any atom is -0.404 e. The van der Waals surface area contributed by atoms with Crippen molar-refractivity contribution >= 4 is 21.6 Å². The lowest BCUT2D eigenvalue weighted by molar-refractivity contribution is -0.274. The minimum atomic E-state index is -4.92. The van der Waals surface area contributed by atoms with Crippen LogP contribution < -0.4 is 10.5 Å². The van der Waals surface area contributed by atoms with Crippen LogP contribution in [0.25, 0.3) is 0 Å². The molecule has 90 valence electrons. The van der Waals surface area contributed by atoms with Crippen molar-refractivity contribution in [2.24, 2.45) is 0 Å². The van der Waals surface area contributed by atoms with Crippen LogP contribution in [0.5, 0.6) is 5.75 Å². The zero-order valence-electron chi connectivity index (χ0n) is 7.49. The fourth-order valence-corrected chi connectivity index (χ4v) is 1.47. The van der Waals surface area contributed by atoms with Crippen LogP contribution >= 0.6 is 15.9 Å². The Morgan fingerprint density at radius 1 is 1.25 bits per heavy atom. The average molecular weight is 306 g/mol. The van der Waals surface area contributed by atoms with Crippen molar-refractivity contribution in [2.45, 2.75) is 12.8 Å². The molecule has 0 fully saturated rings. The molecular weight excluding hydrogens is 301 g/mol. The van der Waals surface area contributed by atoms with Crippen LogP contribution in [0.2, 0.25) is 0 Å². The lowest BCUT2D eigenvalue weighted by Gasteiger charge is -2.13. The Morgan fingerprint density at radius 2 is 1.81 bits per heavy atom. The van der Waals surface area contributed by atoms with E-state index in [9.17, 15) is 22.0 Å². The molecule has 0 unspecified atom stereocenters. The third-order valence-corrected chi connectivity index (χ3v) is 2.52. The SMILES string of the molecule is Nc1c(OC(F)(F)F)ccc(C(F)F)c1Br. The Hall–Kier alpha value is -1.05. The first kappa shape index (κ1) is 13.0. The normalized spacial score (nSPS) is 11.9. The first-order chi connectivity index (χ1) is 7.22. The van der Waals surface area contributed by atoms with Crippen molar-refractivity contribution < 1.29 is 26.7 Å². The summed E-state index contributed by atoms with van der Waals surface area (Å²) in [6, 6.07) is 1.56. The highest BCUT2D eigenvalue weighted by Crippen LogP contribution is 2.39. The Balaban J connectivity index is 3.12. The summed E-state index contributed by atoms with van der Waals surface area (Å²) in [5, 5.41) is 0. The first-order valence-electron chi connectivity index (χ1n) is 3.84. The zero-order valence-corrected chi connectivity index (χ0v) is 9.07. The maximum Gasteiger partial charge on any atom is 0.573 e. The molecule has 0 atom stereocenters. The molecule has 2 nitrogen and oxygen atoms in total. The second kappa shape index (κ2) is 4.44. The van der Waals surface area contributed by atoms with Gasteiger partial charge in [-0.2, -0.15) is 0 Å². The van der Waals surface area contributed by atoms with Gasteiger partial charge in [-0.1, -0.05) is 0 Å². The highest BCUT2D eigenvalue weighted by Gasteiger charge is 2.32. The molecule has 0 radical (unpaired) electrons. The van der Waals surface area contributed by atoms with E-state index in [0.29, 0.717) is 0 Å². The third-order valence-electron chi connectivity index (χ3n) is 1.63. The fourth-order valence-electron chi connectivity index (χ4n) is 0.974. The molecule has 0 saturated heterocycles. The van der Waals surface area contributed by atoms with Gasteiger partial charge in [0, 0.05) is 5.56 Å². The predicted octanol–water partition coefficient (Wildman–Crippen LogP) is 3.87. The second-order valence-corrected chi connectivity index (χ2v) is 3.52. The molecule has 0 bridgehead atoms. The van der Waals surface area contributed by atoms with Gasteiger partial charge >= 0.3 is 6.36 Å². The summed E-state index contributed by atoms with van der Waals surface area (Å²) < 4.78 is 63.5. The summed E-state index contributed by atoms with van der Waals surface area (Å²) in [6.07, 6.45) is -7.75. The van der Waals surface area contributed by atoms with Gasteiger partial charge < -0.3 is 10.5 Å². The minimum absolute atomic E-state index is 0.302. The van der Waals surface area contributed by atoms with Crippen LogP contribution in [-0.4, -0.2) is 6.36 Å². The van der Waals surface area contributed by atoms with Crippen LogP contribution in [0.15, 0.2) is 16.6 Å². The molecule has 2 N–H and O–H groups in total. The fraction of sp³-hybridized carbons (Fsp3) is 0.250. The summed E-state index contributed by atoms with van der Waals surface area (Å²) in [6.45, 7) is 0. The molecule has 0 aliphatic heterocycles. The van der Waals surface area contributed by atoms with Gasteiger partial charge in [-0.25, -0.2) is 8.78 Å². The molecular formula is C8H5BrF5NO. The summed E-state index contributed by atoms with van der Waals surface area (Å²) in [7, 11) is 0. The van der Waals surface area contributed by atoms with Gasteiger partial charge in [0.1, 0.15) is 0 Å². The molecule has 0 aliphatic rings. The van der Waals surface area contributed by atoms with Crippen LogP contribution in [0.3, 0.4) is 0 Å². The molecule has 1 aromatic rings. The maximum absolute atomic E-state index is 12.3. The molecule has 1 rings (SSSR count). The van der Waals surface area contributed by atoms with Gasteiger partial charge in [0.25, 0.3) is 6.43 Å². The van der Waals surface area contributed by atoms with Crippen LogP contribution in [0, 0.1) is 0 Å². The van der Waals surface area contributed by atoms with Crippen molar-refractivity contribution in [3.8, 4) is 5.75 Å². The van der Waals surface area contributed by atoms with Crippen molar-refractivity contribution in [3.05, 3.63) is 22.2 Å². The molecule has 16 heavy (non-hydrogen) atoms. The van der Waals surface area contributed by atoms with E-state index in [1.807, 2.05) is 0 Å². The summed E-state index contributed by atoms with van der Waals surface area (Å²) >= 11 is 2.69. The van der Waals surface area contributed by atoms with E-state index >= 15 is 0 Å². The Bertz CT molecular complexity index is 393. The van der Waals surface area contributed by atoms with E-state index < -0.39 is 29.8 Å². The van der Waals surface area contributed by atoms with Crippen molar-refractivity contribution in [3.63, 3.8) is 0 Å². The van der Waals surface area contributed by atoms with Gasteiger partial charge in [0.15, 0.2) is 5.75 Å². The number of ether oxygens (including phenoxy) is 1. The van der Waals surface area contributed by atoms with Gasteiger partial charge in [0.2, 0.25) is 0 Å². The Kier molecular flexibility index (Phi) is 3.61. The number of nitrogens with two attached hydrogens (primary N) is 1. The van der Waals surface area contributed by atoms with Crippen LogP contribution in [-0.2, 0) is 0 Å². The van der Waals surface area contributed by atoms with E-state index in [-0.39, 0.29) is 4.47 Å². The second-order valence-electron chi connectivity index (χ2n) is 2.73. The smallest absolute Gasteiger partial charge is 0.404 e. The molecule has 0 spiro atoms. The Morgan fingerprint density at radius 3 is 2.25 bits per heavy atom. The van der Waals surface area contributed by atoms with E-state index in [2.05, 4.69) is 20.7 Å². The molecule has 1 aromatic carbocycles. The highest BCUT2D eigenvalue weighted by atomic mass is 79.9. The lowest BCUT2D eigenvalue weighted by atomic mass is 10.2. The zero-order chi connectivity index (χ0) is 12.5. The Labute approximate surface area is 95.3 Å². The quantitative estimate of drug-likeness (QED) is 0.665. The lowest BCUT2D eigenvalue weighted by Crippen LogP contribution is -2.18. The molecule has 0 amide bonds. The van der Waals surface area contributed by atoms with Crippen LogP contribution in [0.4, 0.5) is 27.6 Å². The number of hydrogen-bond acceptors (Lipinski definition) is 2. The number of nitrogen functional groups attached to an aromatic ring is 1. The van der Waals surface area contributed by atoms with Crippen molar-refractivity contribution in [2.75, 3.05) is 5.73 Å². The summed E-state index contributed by atoms with van der Waals surface area (Å²) in [4.78, 5) is 0. The molecule has 0 aliphatic carbocycles.